The molecule has 0 radical (unpaired) electrons. The van der Waals surface area contributed by atoms with E-state index in [2.05, 4.69) is 31.9 Å². The summed E-state index contributed by atoms with van der Waals surface area (Å²) in [5.41, 5.74) is 1.44. The molecule has 2 aromatic carbocycles. The zero-order valence-corrected chi connectivity index (χ0v) is 49.6. The second-order valence-electron chi connectivity index (χ2n) is 21.8. The van der Waals surface area contributed by atoms with E-state index < -0.39 is 125 Å². The molecule has 2 aromatic rings. The second-order valence-corrected chi connectivity index (χ2v) is 22.6. The highest BCUT2D eigenvalue weighted by Crippen LogP contribution is 2.49. The number of anilines is 3. The van der Waals surface area contributed by atoms with Crippen LogP contribution in [0.4, 0.5) is 35.8 Å². The topological polar surface area (TPSA) is 328 Å². The average Bonchev–Trinajstić information content (AvgIpc) is 1.77. The number of hydrogen-bond acceptors (Lipinski definition) is 16. The number of benzene rings is 2. The van der Waals surface area contributed by atoms with Crippen LogP contribution in [-0.4, -0.2) is 152 Å². The first kappa shape index (κ1) is 66.0. The molecular weight excluding hydrogens is 1140 g/mol. The lowest BCUT2D eigenvalue weighted by Gasteiger charge is -2.42. The van der Waals surface area contributed by atoms with Crippen LogP contribution in [0.25, 0.3) is 0 Å². The Hall–Kier alpha value is -7.16. The van der Waals surface area contributed by atoms with Gasteiger partial charge < -0.3 is 65.5 Å². The van der Waals surface area contributed by atoms with Crippen molar-refractivity contribution in [3.63, 3.8) is 0 Å². The summed E-state index contributed by atoms with van der Waals surface area (Å²) in [5, 5.41) is 27.4. The van der Waals surface area contributed by atoms with E-state index in [9.17, 15) is 48.3 Å². The SMILES string of the molecule is COc1cc2cc(c1Cl)N(C)C(=O)C[C@H](OC(=O)Nc1cc(F)c(NC(=O)[C@H](CCCNC(N)=O)NC[C@](C=O)(NC(=O)CCCCCN3C(=O)C=CC3=O)C(C)C)cc1Cl)[C@]1(C)O[C@H]1[C@H](C)[C@@H]1C[C@@](O)(NC(=O)O1)[C@H](OC)/C=C/C=C(\C)C2. The number of nitrogens with zero attached hydrogens (tertiary/aromatic N) is 2. The van der Waals surface area contributed by atoms with Gasteiger partial charge in [0.1, 0.15) is 52.3 Å². The van der Waals surface area contributed by atoms with E-state index in [1.54, 1.807) is 58.1 Å². The van der Waals surface area contributed by atoms with Crippen LogP contribution in [0.3, 0.4) is 0 Å². The molecule has 4 heterocycles. The van der Waals surface area contributed by atoms with E-state index >= 15 is 4.39 Å². The number of nitrogens with two attached hydrogens (primary N) is 1. The molecular formula is C57H74Cl2FN9O15. The minimum atomic E-state index is -1.94. The molecule has 27 heteroatoms. The quantitative estimate of drug-likeness (QED) is 0.0303. The lowest BCUT2D eigenvalue weighted by atomic mass is 9.83. The van der Waals surface area contributed by atoms with Crippen molar-refractivity contribution < 1.29 is 76.3 Å². The first-order valence-electron chi connectivity index (χ1n) is 27.4. The number of aliphatic hydroxyl groups is 1. The Labute approximate surface area is 496 Å². The van der Waals surface area contributed by atoms with Crippen molar-refractivity contribution in [2.24, 2.45) is 17.6 Å². The number of epoxide rings is 1. The van der Waals surface area contributed by atoms with Crippen LogP contribution in [0.1, 0.15) is 91.5 Å². The zero-order valence-electron chi connectivity index (χ0n) is 48.1. The number of rotatable bonds is 22. The van der Waals surface area contributed by atoms with Gasteiger partial charge in [-0.25, -0.2) is 18.8 Å². The fourth-order valence-corrected chi connectivity index (χ4v) is 10.8. The third-order valence-corrected chi connectivity index (χ3v) is 16.2. The lowest BCUT2D eigenvalue weighted by Crippen LogP contribution is -2.63. The number of hydrogen-bond donors (Lipinski definition) is 8. The third-order valence-electron chi connectivity index (χ3n) is 15.5. The number of primary amides is 1. The fourth-order valence-electron chi connectivity index (χ4n) is 10.3. The summed E-state index contributed by atoms with van der Waals surface area (Å²) in [7, 11) is 4.30. The Balaban J connectivity index is 1.19. The second kappa shape index (κ2) is 28.6. The molecule has 4 aliphatic heterocycles. The highest BCUT2D eigenvalue weighted by Gasteiger charge is 2.64. The van der Waals surface area contributed by atoms with Crippen LogP contribution in [0.15, 0.2) is 60.2 Å². The molecule has 2 saturated heterocycles. The molecule has 4 bridgehead atoms. The molecule has 0 aromatic heterocycles. The Bertz CT molecular complexity index is 2930. The van der Waals surface area contributed by atoms with Crippen LogP contribution in [-0.2, 0) is 54.1 Å². The number of halogens is 3. The summed E-state index contributed by atoms with van der Waals surface area (Å²) < 4.78 is 45.3. The molecule has 4 aliphatic rings. The van der Waals surface area contributed by atoms with Gasteiger partial charge in [-0.3, -0.25) is 39.5 Å². The van der Waals surface area contributed by atoms with Crippen molar-refractivity contribution in [1.29, 1.82) is 0 Å². The Kier molecular flexibility index (Phi) is 22.5. The minimum absolute atomic E-state index is 0.00914. The summed E-state index contributed by atoms with van der Waals surface area (Å²) in [5.74, 6) is -4.64. The normalized spacial score (nSPS) is 25.4. The average molecular weight is 1220 g/mol. The van der Waals surface area contributed by atoms with E-state index in [0.717, 1.165) is 22.6 Å². The van der Waals surface area contributed by atoms with E-state index in [-0.39, 0.29) is 72.5 Å². The number of ether oxygens (including phenoxy) is 5. The number of allylic oxidation sites excluding steroid dienone is 3. The molecule has 24 nitrogen and oxygen atoms in total. The molecule has 9 N–H and O–H groups in total. The van der Waals surface area contributed by atoms with Crippen LogP contribution >= 0.6 is 23.2 Å². The van der Waals surface area contributed by atoms with Gasteiger partial charge in [0.2, 0.25) is 17.7 Å². The van der Waals surface area contributed by atoms with Gasteiger partial charge in [0.05, 0.1) is 47.8 Å². The number of methoxy groups -OCH3 is 2. The van der Waals surface area contributed by atoms with Gasteiger partial charge in [-0.15, -0.1) is 0 Å². The highest BCUT2D eigenvalue weighted by molar-refractivity contribution is 6.35. The summed E-state index contributed by atoms with van der Waals surface area (Å²) in [6.45, 7) is 8.55. The molecule has 458 valence electrons. The molecule has 9 amide bonds. The summed E-state index contributed by atoms with van der Waals surface area (Å²) in [4.78, 5) is 119. The third kappa shape index (κ3) is 16.4. The van der Waals surface area contributed by atoms with Gasteiger partial charge in [-0.1, -0.05) is 74.2 Å². The maximum absolute atomic E-state index is 16.2. The van der Waals surface area contributed by atoms with E-state index in [4.69, 9.17) is 52.6 Å². The van der Waals surface area contributed by atoms with Crippen molar-refractivity contribution >= 4 is 94.3 Å². The molecule has 2 fully saturated rings. The van der Waals surface area contributed by atoms with Crippen molar-refractivity contribution in [1.82, 2.24) is 26.2 Å². The number of alkyl carbamates (subject to hydrolysis) is 1. The van der Waals surface area contributed by atoms with Gasteiger partial charge in [0.25, 0.3) is 11.8 Å². The van der Waals surface area contributed by atoms with Gasteiger partial charge in [-0.2, -0.15) is 0 Å². The van der Waals surface area contributed by atoms with Gasteiger partial charge >= 0.3 is 18.2 Å². The molecule has 0 unspecified atom stereocenters. The largest absolute Gasteiger partial charge is 0.495 e. The Morgan fingerprint density at radius 2 is 1.74 bits per heavy atom. The Morgan fingerprint density at radius 1 is 1.02 bits per heavy atom. The Morgan fingerprint density at radius 3 is 2.39 bits per heavy atom. The van der Waals surface area contributed by atoms with Crippen molar-refractivity contribution in [2.75, 3.05) is 56.4 Å². The smallest absolute Gasteiger partial charge is 0.412 e. The van der Waals surface area contributed by atoms with Crippen molar-refractivity contribution in [3.05, 3.63) is 81.6 Å². The van der Waals surface area contributed by atoms with E-state index in [0.29, 0.717) is 37.5 Å². The minimum Gasteiger partial charge on any atom is -0.495 e. The summed E-state index contributed by atoms with van der Waals surface area (Å²) >= 11 is 13.5. The predicted octanol–water partition coefficient (Wildman–Crippen LogP) is 5.71. The van der Waals surface area contributed by atoms with E-state index in [1.807, 2.05) is 6.92 Å². The molecule has 0 spiro atoms. The van der Waals surface area contributed by atoms with Gasteiger partial charge in [0, 0.05) is 70.8 Å². The number of nitrogens with one attached hydrogen (secondary N) is 6. The zero-order chi connectivity index (χ0) is 61.8. The summed E-state index contributed by atoms with van der Waals surface area (Å²) in [6, 6.07) is 3.32. The molecule has 0 aliphatic carbocycles. The number of amides is 9. The maximum atomic E-state index is 16.2. The predicted molar refractivity (Wildman–Crippen MR) is 307 cm³/mol. The monoisotopic (exact) mass is 1210 g/mol. The fraction of sp³-hybridized carbons (Fsp3) is 0.526. The van der Waals surface area contributed by atoms with Crippen molar-refractivity contribution in [3.8, 4) is 5.75 Å². The molecule has 9 atom stereocenters. The molecule has 84 heavy (non-hydrogen) atoms. The highest BCUT2D eigenvalue weighted by atomic mass is 35.5. The van der Waals surface area contributed by atoms with E-state index in [1.165, 1.54) is 38.3 Å². The van der Waals surface area contributed by atoms with Crippen LogP contribution in [0, 0.1) is 17.7 Å². The number of carbonyl (C=O) groups is 9. The summed E-state index contributed by atoms with van der Waals surface area (Å²) in [6.07, 6.45) is 2.88. The number of carbonyl (C=O) groups excluding carboxylic acids is 9. The number of imide groups is 1. The maximum Gasteiger partial charge on any atom is 0.412 e. The van der Waals surface area contributed by atoms with Crippen molar-refractivity contribution in [2.45, 2.75) is 140 Å². The first-order chi connectivity index (χ1) is 39.7. The first-order valence-corrected chi connectivity index (χ1v) is 28.2. The number of urea groups is 1. The van der Waals surface area contributed by atoms with Gasteiger partial charge in [-0.05, 0) is 75.6 Å². The van der Waals surface area contributed by atoms with Crippen LogP contribution in [0.2, 0.25) is 10.0 Å². The molecule has 6 rings (SSSR count). The number of fused-ring (bicyclic) bond motifs is 5. The molecule has 0 saturated carbocycles. The lowest BCUT2D eigenvalue weighted by molar-refractivity contribution is -0.142. The number of aldehydes is 1. The van der Waals surface area contributed by atoms with Crippen LogP contribution < -0.4 is 47.3 Å². The van der Waals surface area contributed by atoms with Gasteiger partial charge in [0.15, 0.2) is 5.72 Å². The van der Waals surface area contributed by atoms with Crippen LogP contribution in [0.5, 0.6) is 5.75 Å². The number of unbranched alkanes of at least 4 members (excludes halogenated alkanes) is 2. The standard InChI is InChI=1S/C57H74Cl2FN9O15/c1-31(2)56(30-70,66-45(71)17-10-9-11-21-69-46(72)18-19-47(69)73)29-63-37(15-13-20-62-52(61)76)51(75)64-39-25-35(58)38(26-36(39)60)65-53(77)83-44-27-48(74)68(6)40-23-34(24-41(80-7)49(40)59)22-32(3)14-12-16-43(81-8)57(79)28-42(82-54(78)67-57)33(4)50-55(44,5)84-50/h12,14,16,18-19,23-26,30-31,33,37,42-44,50,63,79H,9-11,13,15,17,20-22,27-29H2,1-8H3,(H,64,75)(H,65,77)(H,66,71)(H,67,78)(H3,61,62,76)/b16-12+,32-14+/t33-,37+,42+,43-,44+,50+,55+,56-,57+/m1/s1.